The Balaban J connectivity index is 1.87. The van der Waals surface area contributed by atoms with E-state index in [1.54, 1.807) is 0 Å². The van der Waals surface area contributed by atoms with Crippen molar-refractivity contribution < 1.29 is 5.11 Å². The van der Waals surface area contributed by atoms with Crippen LogP contribution in [0.15, 0.2) is 18.2 Å². The number of hydrogen-bond acceptors (Lipinski definition) is 3. The average molecular weight is 287 g/mol. The molecule has 4 heteroatoms. The Bertz CT molecular complexity index is 557. The lowest BCUT2D eigenvalue weighted by Crippen LogP contribution is -2.53. The Hall–Kier alpha value is -1.55. The van der Waals surface area contributed by atoms with Crippen LogP contribution in [0.4, 0.5) is 5.69 Å². The van der Waals surface area contributed by atoms with Gasteiger partial charge in [0.25, 0.3) is 0 Å². The van der Waals surface area contributed by atoms with Crippen LogP contribution in [0.2, 0.25) is 0 Å². The van der Waals surface area contributed by atoms with E-state index in [-0.39, 0.29) is 5.84 Å². The first-order valence-electron chi connectivity index (χ1n) is 7.92. The van der Waals surface area contributed by atoms with Gasteiger partial charge in [0.2, 0.25) is 0 Å². The number of fused-ring (bicyclic) bond motifs is 1. The predicted molar refractivity (Wildman–Crippen MR) is 85.9 cm³/mol. The molecule has 2 unspecified atom stereocenters. The molecular formula is C17H25N3O. The molecule has 1 heterocycles. The Morgan fingerprint density at radius 1 is 1.38 bits per heavy atom. The summed E-state index contributed by atoms with van der Waals surface area (Å²) in [5.74, 6) is 0.472. The number of amidine groups is 1. The predicted octanol–water partition coefficient (Wildman–Crippen LogP) is 2.41. The van der Waals surface area contributed by atoms with E-state index in [0.29, 0.717) is 5.92 Å². The van der Waals surface area contributed by atoms with Gasteiger partial charge >= 0.3 is 0 Å². The highest BCUT2D eigenvalue weighted by Crippen LogP contribution is 2.41. The molecule has 1 aromatic carbocycles. The van der Waals surface area contributed by atoms with E-state index in [2.05, 4.69) is 17.0 Å². The zero-order valence-corrected chi connectivity index (χ0v) is 12.7. The van der Waals surface area contributed by atoms with Crippen LogP contribution >= 0.6 is 0 Å². The molecule has 2 aliphatic rings. The molecule has 114 valence electrons. The maximum atomic E-state index is 10.8. The Morgan fingerprint density at radius 3 is 2.95 bits per heavy atom. The maximum Gasteiger partial charge on any atom is 0.124 e. The van der Waals surface area contributed by atoms with Gasteiger partial charge in [0.15, 0.2) is 0 Å². The average Bonchev–Trinajstić information content (AvgIpc) is 2.46. The van der Waals surface area contributed by atoms with Gasteiger partial charge in [0.1, 0.15) is 5.84 Å². The summed E-state index contributed by atoms with van der Waals surface area (Å²) in [5.41, 5.74) is 8.27. The number of piperidine rings is 1. The molecule has 0 radical (unpaired) electrons. The molecule has 0 bridgehead atoms. The summed E-state index contributed by atoms with van der Waals surface area (Å²) in [6.07, 6.45) is 5.24. The second kappa shape index (κ2) is 5.34. The van der Waals surface area contributed by atoms with Crippen LogP contribution in [0.3, 0.4) is 0 Å². The maximum absolute atomic E-state index is 10.8. The van der Waals surface area contributed by atoms with E-state index in [1.807, 2.05) is 13.0 Å². The summed E-state index contributed by atoms with van der Waals surface area (Å²) in [5, 5.41) is 18.6. The molecule has 1 aliphatic carbocycles. The van der Waals surface area contributed by atoms with Crippen molar-refractivity contribution >= 4 is 11.5 Å². The summed E-state index contributed by atoms with van der Waals surface area (Å²) < 4.78 is 0. The summed E-state index contributed by atoms with van der Waals surface area (Å²) in [6.45, 7) is 3.74. The molecule has 0 amide bonds. The van der Waals surface area contributed by atoms with Crippen LogP contribution in [-0.2, 0) is 0 Å². The molecule has 1 aromatic rings. The number of nitrogens with zero attached hydrogens (tertiary/aromatic N) is 1. The van der Waals surface area contributed by atoms with E-state index in [9.17, 15) is 5.11 Å². The van der Waals surface area contributed by atoms with E-state index in [0.717, 1.165) is 55.6 Å². The summed E-state index contributed by atoms with van der Waals surface area (Å²) >= 11 is 0. The fourth-order valence-electron chi connectivity index (χ4n) is 3.93. The molecule has 0 spiro atoms. The number of anilines is 1. The van der Waals surface area contributed by atoms with Crippen molar-refractivity contribution in [3.63, 3.8) is 0 Å². The molecule has 2 fully saturated rings. The largest absolute Gasteiger partial charge is 0.389 e. The van der Waals surface area contributed by atoms with Gasteiger partial charge in [-0.15, -0.1) is 0 Å². The number of benzene rings is 1. The molecule has 1 saturated heterocycles. The number of nitrogens with two attached hydrogens (primary N) is 1. The smallest absolute Gasteiger partial charge is 0.124 e. The second-order valence-corrected chi connectivity index (χ2v) is 6.68. The molecule has 4 nitrogen and oxygen atoms in total. The quantitative estimate of drug-likeness (QED) is 0.577. The topological polar surface area (TPSA) is 73.3 Å². The first kappa shape index (κ1) is 14.4. The second-order valence-electron chi connectivity index (χ2n) is 6.68. The van der Waals surface area contributed by atoms with Crippen molar-refractivity contribution in [1.82, 2.24) is 0 Å². The van der Waals surface area contributed by atoms with E-state index >= 15 is 0 Å². The minimum Gasteiger partial charge on any atom is -0.389 e. The lowest BCUT2D eigenvalue weighted by atomic mass is 9.71. The Morgan fingerprint density at radius 2 is 2.19 bits per heavy atom. The van der Waals surface area contributed by atoms with Crippen molar-refractivity contribution in [2.75, 3.05) is 18.0 Å². The van der Waals surface area contributed by atoms with Crippen LogP contribution in [0, 0.1) is 18.3 Å². The SMILES string of the molecule is Cc1ccc(N2CCC3(O)CCCCC3C2)c(C(=N)N)c1. The zero-order valence-electron chi connectivity index (χ0n) is 12.7. The number of aryl methyl sites for hydroxylation is 1. The van der Waals surface area contributed by atoms with Crippen molar-refractivity contribution in [3.05, 3.63) is 29.3 Å². The van der Waals surface area contributed by atoms with Gasteiger partial charge in [-0.05, 0) is 38.3 Å². The van der Waals surface area contributed by atoms with Crippen LogP contribution < -0.4 is 10.6 Å². The van der Waals surface area contributed by atoms with Gasteiger partial charge in [-0.3, -0.25) is 5.41 Å². The fraction of sp³-hybridized carbons (Fsp3) is 0.588. The van der Waals surface area contributed by atoms with Crippen LogP contribution in [0.5, 0.6) is 0 Å². The number of hydrogen-bond donors (Lipinski definition) is 3. The van der Waals surface area contributed by atoms with Gasteiger partial charge in [-0.2, -0.15) is 0 Å². The molecular weight excluding hydrogens is 262 g/mol. The van der Waals surface area contributed by atoms with Crippen molar-refractivity contribution in [2.24, 2.45) is 11.7 Å². The monoisotopic (exact) mass is 287 g/mol. The van der Waals surface area contributed by atoms with Crippen LogP contribution in [-0.4, -0.2) is 29.6 Å². The number of nitrogens with one attached hydrogen (secondary N) is 1. The number of nitrogen functional groups attached to an aromatic ring is 1. The molecule has 21 heavy (non-hydrogen) atoms. The summed E-state index contributed by atoms with van der Waals surface area (Å²) in [6, 6.07) is 6.13. The summed E-state index contributed by atoms with van der Waals surface area (Å²) in [7, 11) is 0. The lowest BCUT2D eigenvalue weighted by molar-refractivity contribution is -0.0612. The minimum absolute atomic E-state index is 0.123. The van der Waals surface area contributed by atoms with E-state index in [1.165, 1.54) is 6.42 Å². The third-order valence-electron chi connectivity index (χ3n) is 5.21. The minimum atomic E-state index is -0.462. The van der Waals surface area contributed by atoms with E-state index in [4.69, 9.17) is 11.1 Å². The third-order valence-corrected chi connectivity index (χ3v) is 5.21. The lowest BCUT2D eigenvalue weighted by Gasteiger charge is -2.48. The third kappa shape index (κ3) is 2.64. The molecule has 4 N–H and O–H groups in total. The van der Waals surface area contributed by atoms with Gasteiger partial charge in [0.05, 0.1) is 5.60 Å². The highest BCUT2D eigenvalue weighted by molar-refractivity contribution is 6.00. The number of rotatable bonds is 2. The Labute approximate surface area is 126 Å². The van der Waals surface area contributed by atoms with Crippen LogP contribution in [0.25, 0.3) is 0 Å². The van der Waals surface area contributed by atoms with Gasteiger partial charge in [-0.1, -0.05) is 24.5 Å². The van der Waals surface area contributed by atoms with Gasteiger partial charge in [-0.25, -0.2) is 0 Å². The fourth-order valence-corrected chi connectivity index (χ4v) is 3.93. The zero-order chi connectivity index (χ0) is 15.0. The molecule has 1 aliphatic heterocycles. The van der Waals surface area contributed by atoms with Gasteiger partial charge < -0.3 is 15.7 Å². The molecule has 2 atom stereocenters. The van der Waals surface area contributed by atoms with Crippen molar-refractivity contribution in [1.29, 1.82) is 5.41 Å². The first-order valence-corrected chi connectivity index (χ1v) is 7.92. The Kier molecular flexibility index (Phi) is 3.66. The number of aliphatic hydroxyl groups is 1. The highest BCUT2D eigenvalue weighted by atomic mass is 16.3. The van der Waals surface area contributed by atoms with Crippen molar-refractivity contribution in [2.45, 2.75) is 44.6 Å². The molecule has 1 saturated carbocycles. The van der Waals surface area contributed by atoms with Gasteiger partial charge in [0, 0.05) is 30.3 Å². The standard InChI is InChI=1S/C17H25N3O/c1-12-5-6-15(14(10-12)16(18)19)20-9-8-17(21)7-3-2-4-13(17)11-20/h5-6,10,13,21H,2-4,7-9,11H2,1H3,(H3,18,19). The van der Waals surface area contributed by atoms with E-state index < -0.39 is 5.60 Å². The molecule has 0 aromatic heterocycles. The van der Waals surface area contributed by atoms with Crippen LogP contribution in [0.1, 0.15) is 43.2 Å². The molecule has 3 rings (SSSR count). The highest BCUT2D eigenvalue weighted by Gasteiger charge is 2.43. The van der Waals surface area contributed by atoms with Crippen molar-refractivity contribution in [3.8, 4) is 0 Å². The first-order chi connectivity index (χ1) is 9.99. The summed E-state index contributed by atoms with van der Waals surface area (Å²) in [4.78, 5) is 2.31. The normalized spacial score (nSPS) is 29.0.